The predicted molar refractivity (Wildman–Crippen MR) is 163 cm³/mol. The van der Waals surface area contributed by atoms with E-state index in [4.69, 9.17) is 9.47 Å². The van der Waals surface area contributed by atoms with E-state index in [0.717, 1.165) is 22.4 Å². The molecule has 0 atom stereocenters. The molecule has 0 fully saturated rings. The van der Waals surface area contributed by atoms with E-state index in [-0.39, 0.29) is 5.41 Å². The van der Waals surface area contributed by atoms with E-state index >= 15 is 0 Å². The normalized spacial score (nSPS) is 13.3. The number of benzene rings is 6. The average Bonchev–Trinajstić information content (AvgIpc) is 3.21. The number of ether oxygens (including phenoxy) is 2. The van der Waals surface area contributed by atoms with Gasteiger partial charge in [0.1, 0.15) is 11.5 Å². The SMILES string of the molecule is COc1ccc(-c2c3ccccc3c(-c3ccc4c(c3)C(C)(C)c3ccccc3-4)c3cccc(OC)c23)cc1. The lowest BCUT2D eigenvalue weighted by molar-refractivity contribution is 0.415. The minimum absolute atomic E-state index is 0.0612. The van der Waals surface area contributed by atoms with Crippen LogP contribution in [0.2, 0.25) is 0 Å². The van der Waals surface area contributed by atoms with Crippen LogP contribution in [0.25, 0.3) is 54.9 Å². The van der Waals surface area contributed by atoms with Crippen LogP contribution in [-0.4, -0.2) is 14.2 Å². The molecule has 0 heterocycles. The minimum atomic E-state index is -0.0612. The van der Waals surface area contributed by atoms with Crippen LogP contribution in [-0.2, 0) is 5.41 Å². The molecular weight excluding hydrogens is 476 g/mol. The highest BCUT2D eigenvalue weighted by Gasteiger charge is 2.35. The van der Waals surface area contributed by atoms with Gasteiger partial charge in [-0.3, -0.25) is 0 Å². The molecule has 39 heavy (non-hydrogen) atoms. The Morgan fingerprint density at radius 3 is 1.90 bits per heavy atom. The first-order chi connectivity index (χ1) is 19.0. The molecule has 6 aromatic carbocycles. The fourth-order valence-electron chi connectivity index (χ4n) is 6.59. The van der Waals surface area contributed by atoms with Crippen molar-refractivity contribution in [1.29, 1.82) is 0 Å². The Morgan fingerprint density at radius 2 is 1.15 bits per heavy atom. The molecule has 1 aliphatic carbocycles. The number of fused-ring (bicyclic) bond motifs is 5. The second-order valence-electron chi connectivity index (χ2n) is 10.8. The van der Waals surface area contributed by atoms with Crippen molar-refractivity contribution >= 4 is 21.5 Å². The van der Waals surface area contributed by atoms with Crippen LogP contribution in [0.3, 0.4) is 0 Å². The standard InChI is InChI=1S/C37H30O2/c1-37(2)31-14-8-7-10-26(31)27-21-18-24(22-32(27)37)34-28-11-5-6-12-29(28)35(23-16-19-25(38-3)20-17-23)36-30(34)13-9-15-33(36)39-4/h5-22H,1-4H3. The number of rotatable bonds is 4. The van der Waals surface area contributed by atoms with Crippen molar-refractivity contribution in [3.05, 3.63) is 120 Å². The first-order valence-corrected chi connectivity index (χ1v) is 13.4. The minimum Gasteiger partial charge on any atom is -0.497 e. The van der Waals surface area contributed by atoms with Gasteiger partial charge in [0, 0.05) is 16.4 Å². The zero-order valence-corrected chi connectivity index (χ0v) is 22.7. The van der Waals surface area contributed by atoms with E-state index < -0.39 is 0 Å². The number of hydrogen-bond acceptors (Lipinski definition) is 2. The Kier molecular flexibility index (Phi) is 5.28. The molecule has 2 heteroatoms. The van der Waals surface area contributed by atoms with Crippen LogP contribution in [0.1, 0.15) is 25.0 Å². The fraction of sp³-hybridized carbons (Fsp3) is 0.135. The molecular formula is C37H30O2. The molecule has 0 aliphatic heterocycles. The Bertz CT molecular complexity index is 1890. The monoisotopic (exact) mass is 506 g/mol. The maximum absolute atomic E-state index is 6.00. The average molecular weight is 507 g/mol. The van der Waals surface area contributed by atoms with Crippen molar-refractivity contribution < 1.29 is 9.47 Å². The molecule has 7 rings (SSSR count). The Labute approximate surface area is 229 Å². The van der Waals surface area contributed by atoms with Crippen LogP contribution < -0.4 is 9.47 Å². The predicted octanol–water partition coefficient (Wildman–Crippen LogP) is 9.65. The van der Waals surface area contributed by atoms with Gasteiger partial charge in [-0.1, -0.05) is 98.8 Å². The Morgan fingerprint density at radius 1 is 0.513 bits per heavy atom. The zero-order chi connectivity index (χ0) is 26.7. The maximum atomic E-state index is 6.00. The van der Waals surface area contributed by atoms with Gasteiger partial charge in [0.2, 0.25) is 0 Å². The molecule has 0 unspecified atom stereocenters. The van der Waals surface area contributed by atoms with Crippen molar-refractivity contribution in [3.8, 4) is 44.9 Å². The largest absolute Gasteiger partial charge is 0.497 e. The molecule has 0 N–H and O–H groups in total. The summed E-state index contributed by atoms with van der Waals surface area (Å²) in [4.78, 5) is 0. The summed E-state index contributed by atoms with van der Waals surface area (Å²) < 4.78 is 11.5. The molecule has 0 aromatic heterocycles. The van der Waals surface area contributed by atoms with Crippen LogP contribution in [0, 0.1) is 0 Å². The van der Waals surface area contributed by atoms with E-state index in [9.17, 15) is 0 Å². The number of methoxy groups -OCH3 is 2. The van der Waals surface area contributed by atoms with E-state index in [1.165, 1.54) is 55.1 Å². The van der Waals surface area contributed by atoms with E-state index in [0.29, 0.717) is 0 Å². The molecule has 0 saturated heterocycles. The lowest BCUT2D eigenvalue weighted by Gasteiger charge is -2.23. The van der Waals surface area contributed by atoms with E-state index in [1.807, 2.05) is 12.1 Å². The van der Waals surface area contributed by atoms with Gasteiger partial charge in [0.05, 0.1) is 14.2 Å². The van der Waals surface area contributed by atoms with Gasteiger partial charge in [-0.25, -0.2) is 0 Å². The smallest absolute Gasteiger partial charge is 0.127 e. The third kappa shape index (κ3) is 3.41. The van der Waals surface area contributed by atoms with Crippen LogP contribution in [0.4, 0.5) is 0 Å². The summed E-state index contributed by atoms with van der Waals surface area (Å²) in [5, 5.41) is 4.75. The van der Waals surface area contributed by atoms with Gasteiger partial charge < -0.3 is 9.47 Å². The van der Waals surface area contributed by atoms with Gasteiger partial charge in [0.25, 0.3) is 0 Å². The highest BCUT2D eigenvalue weighted by atomic mass is 16.5. The van der Waals surface area contributed by atoms with Gasteiger partial charge >= 0.3 is 0 Å². The molecule has 0 saturated carbocycles. The van der Waals surface area contributed by atoms with Crippen molar-refractivity contribution in [3.63, 3.8) is 0 Å². The summed E-state index contributed by atoms with van der Waals surface area (Å²) in [6, 6.07) is 39.3. The summed E-state index contributed by atoms with van der Waals surface area (Å²) in [5.74, 6) is 1.72. The third-order valence-corrected chi connectivity index (χ3v) is 8.48. The molecule has 0 radical (unpaired) electrons. The summed E-state index contributed by atoms with van der Waals surface area (Å²) in [6.07, 6.45) is 0. The second kappa shape index (κ2) is 8.74. The lowest BCUT2D eigenvalue weighted by atomic mass is 9.80. The summed E-state index contributed by atoms with van der Waals surface area (Å²) in [6.45, 7) is 4.68. The summed E-state index contributed by atoms with van der Waals surface area (Å²) in [5.41, 5.74) is 10.2. The third-order valence-electron chi connectivity index (χ3n) is 8.48. The van der Waals surface area contributed by atoms with Gasteiger partial charge in [-0.05, 0) is 79.4 Å². The summed E-state index contributed by atoms with van der Waals surface area (Å²) >= 11 is 0. The molecule has 1 aliphatic rings. The number of hydrogen-bond donors (Lipinski definition) is 0. The fourth-order valence-corrected chi connectivity index (χ4v) is 6.59. The van der Waals surface area contributed by atoms with Crippen molar-refractivity contribution in [1.82, 2.24) is 0 Å². The lowest BCUT2D eigenvalue weighted by Crippen LogP contribution is -2.14. The van der Waals surface area contributed by atoms with Crippen LogP contribution in [0.5, 0.6) is 11.5 Å². The molecule has 0 spiro atoms. The first-order valence-electron chi connectivity index (χ1n) is 13.4. The molecule has 2 nitrogen and oxygen atoms in total. The van der Waals surface area contributed by atoms with Gasteiger partial charge in [-0.15, -0.1) is 0 Å². The van der Waals surface area contributed by atoms with E-state index in [2.05, 4.69) is 111 Å². The van der Waals surface area contributed by atoms with E-state index in [1.54, 1.807) is 14.2 Å². The second-order valence-corrected chi connectivity index (χ2v) is 10.8. The van der Waals surface area contributed by atoms with Gasteiger partial charge in [-0.2, -0.15) is 0 Å². The van der Waals surface area contributed by atoms with Crippen LogP contribution >= 0.6 is 0 Å². The quantitative estimate of drug-likeness (QED) is 0.222. The Balaban J connectivity index is 1.57. The van der Waals surface area contributed by atoms with Gasteiger partial charge in [0.15, 0.2) is 0 Å². The topological polar surface area (TPSA) is 18.5 Å². The first kappa shape index (κ1) is 23.5. The molecule has 190 valence electrons. The molecule has 6 aromatic rings. The Hall–Kier alpha value is -4.56. The zero-order valence-electron chi connectivity index (χ0n) is 22.7. The van der Waals surface area contributed by atoms with Crippen molar-refractivity contribution in [2.75, 3.05) is 14.2 Å². The summed E-state index contributed by atoms with van der Waals surface area (Å²) in [7, 11) is 3.46. The molecule has 0 bridgehead atoms. The molecule has 0 amide bonds. The highest BCUT2D eigenvalue weighted by Crippen LogP contribution is 2.52. The van der Waals surface area contributed by atoms with Crippen molar-refractivity contribution in [2.24, 2.45) is 0 Å². The van der Waals surface area contributed by atoms with Crippen molar-refractivity contribution in [2.45, 2.75) is 19.3 Å². The highest BCUT2D eigenvalue weighted by molar-refractivity contribution is 6.23. The van der Waals surface area contributed by atoms with Crippen LogP contribution in [0.15, 0.2) is 109 Å². The maximum Gasteiger partial charge on any atom is 0.127 e.